The van der Waals surface area contributed by atoms with Crippen molar-refractivity contribution in [2.75, 3.05) is 5.88 Å². The van der Waals surface area contributed by atoms with Crippen molar-refractivity contribution >= 4 is 34.0 Å². The van der Waals surface area contributed by atoms with Gasteiger partial charge in [0.25, 0.3) is 5.69 Å². The number of nitrogens with zero attached hydrogens (tertiary/aromatic N) is 1. The Hall–Kier alpha value is -1.88. The van der Waals surface area contributed by atoms with Crippen LogP contribution in [-0.4, -0.2) is 21.6 Å². The molecule has 0 aliphatic heterocycles. The number of ketones is 1. The molecule has 0 bridgehead atoms. The summed E-state index contributed by atoms with van der Waals surface area (Å²) in [6.45, 7) is 0. The maximum absolute atomic E-state index is 11.5. The molecule has 0 aliphatic carbocycles. The minimum absolute atomic E-state index is 0.0905. The van der Waals surface area contributed by atoms with Gasteiger partial charge in [-0.25, -0.2) is 0 Å². The number of aromatic amines is 1. The highest BCUT2D eigenvalue weighted by molar-refractivity contribution is 6.32. The Labute approximate surface area is 95.2 Å². The van der Waals surface area contributed by atoms with Crippen LogP contribution >= 0.6 is 11.6 Å². The van der Waals surface area contributed by atoms with Gasteiger partial charge in [0.15, 0.2) is 5.78 Å². The van der Waals surface area contributed by atoms with Crippen LogP contribution in [0.5, 0.6) is 0 Å². The van der Waals surface area contributed by atoms with Crippen molar-refractivity contribution in [1.82, 2.24) is 4.98 Å². The van der Waals surface area contributed by atoms with E-state index in [4.69, 9.17) is 11.6 Å². The molecule has 0 amide bonds. The highest BCUT2D eigenvalue weighted by Crippen LogP contribution is 2.28. The molecule has 82 valence electrons. The summed E-state index contributed by atoms with van der Waals surface area (Å²) in [7, 11) is 0. The first-order valence-electron chi connectivity index (χ1n) is 4.49. The lowest BCUT2D eigenvalue weighted by Crippen LogP contribution is -2.00. The second kappa shape index (κ2) is 3.94. The van der Waals surface area contributed by atoms with E-state index >= 15 is 0 Å². The fraction of sp³-hybridized carbons (Fsp3) is 0.100. The number of carbonyl (C=O) groups excluding carboxylic acids is 1. The Morgan fingerprint density at radius 1 is 1.50 bits per heavy atom. The molecular formula is C10H7ClN2O3. The van der Waals surface area contributed by atoms with E-state index in [1.54, 1.807) is 12.1 Å². The quantitative estimate of drug-likeness (QED) is 0.386. The van der Waals surface area contributed by atoms with Gasteiger partial charge in [-0.3, -0.25) is 14.9 Å². The van der Waals surface area contributed by atoms with Crippen LogP contribution in [0.2, 0.25) is 0 Å². The predicted molar refractivity (Wildman–Crippen MR) is 60.0 cm³/mol. The average molecular weight is 239 g/mol. The van der Waals surface area contributed by atoms with Gasteiger partial charge in [0.1, 0.15) is 0 Å². The molecule has 1 N–H and O–H groups in total. The maximum atomic E-state index is 11.5. The van der Waals surface area contributed by atoms with Crippen LogP contribution in [0, 0.1) is 10.1 Å². The molecule has 0 radical (unpaired) electrons. The fourth-order valence-electron chi connectivity index (χ4n) is 1.61. The van der Waals surface area contributed by atoms with Crippen LogP contribution in [0.4, 0.5) is 5.69 Å². The standard InChI is InChI=1S/C10H7ClN2O3/c11-4-9(14)6-5-12-7-2-1-3-8(10(6)7)13(15)16/h1-3,5,12H,4H2. The summed E-state index contributed by atoms with van der Waals surface area (Å²) in [5, 5.41) is 11.1. The molecule has 1 aromatic carbocycles. The molecule has 1 heterocycles. The van der Waals surface area contributed by atoms with Crippen LogP contribution in [0.25, 0.3) is 10.9 Å². The van der Waals surface area contributed by atoms with Crippen molar-refractivity contribution < 1.29 is 9.72 Å². The number of rotatable bonds is 3. The third-order valence-corrected chi connectivity index (χ3v) is 2.55. The molecule has 0 fully saturated rings. The maximum Gasteiger partial charge on any atom is 0.279 e. The van der Waals surface area contributed by atoms with Gasteiger partial charge in [0, 0.05) is 12.3 Å². The monoisotopic (exact) mass is 238 g/mol. The lowest BCUT2D eigenvalue weighted by molar-refractivity contribution is -0.383. The highest BCUT2D eigenvalue weighted by Gasteiger charge is 2.19. The van der Waals surface area contributed by atoms with Crippen molar-refractivity contribution in [3.63, 3.8) is 0 Å². The largest absolute Gasteiger partial charge is 0.360 e. The number of fused-ring (bicyclic) bond motifs is 1. The molecule has 0 atom stereocenters. The molecule has 0 unspecified atom stereocenters. The number of H-pyrrole nitrogens is 1. The van der Waals surface area contributed by atoms with Gasteiger partial charge in [-0.15, -0.1) is 11.6 Å². The van der Waals surface area contributed by atoms with E-state index in [9.17, 15) is 14.9 Å². The van der Waals surface area contributed by atoms with Gasteiger partial charge in [-0.1, -0.05) is 6.07 Å². The fourth-order valence-corrected chi connectivity index (χ4v) is 1.75. The van der Waals surface area contributed by atoms with Gasteiger partial charge in [-0.2, -0.15) is 0 Å². The summed E-state index contributed by atoms with van der Waals surface area (Å²) < 4.78 is 0. The van der Waals surface area contributed by atoms with Crippen molar-refractivity contribution in [1.29, 1.82) is 0 Å². The zero-order chi connectivity index (χ0) is 11.7. The molecule has 5 nitrogen and oxygen atoms in total. The minimum Gasteiger partial charge on any atom is -0.360 e. The zero-order valence-electron chi connectivity index (χ0n) is 8.07. The Bertz CT molecular complexity index is 576. The van der Waals surface area contributed by atoms with Crippen LogP contribution in [0.3, 0.4) is 0 Å². The van der Waals surface area contributed by atoms with Gasteiger partial charge >= 0.3 is 0 Å². The van der Waals surface area contributed by atoms with E-state index in [1.807, 2.05) is 0 Å². The molecule has 16 heavy (non-hydrogen) atoms. The van der Waals surface area contributed by atoms with Gasteiger partial charge in [0.2, 0.25) is 0 Å². The number of carbonyl (C=O) groups is 1. The van der Waals surface area contributed by atoms with E-state index in [-0.39, 0.29) is 22.9 Å². The minimum atomic E-state index is -0.513. The Morgan fingerprint density at radius 2 is 2.25 bits per heavy atom. The van der Waals surface area contributed by atoms with Crippen LogP contribution in [-0.2, 0) is 0 Å². The molecule has 6 heteroatoms. The van der Waals surface area contributed by atoms with E-state index in [0.29, 0.717) is 10.9 Å². The van der Waals surface area contributed by atoms with Crippen LogP contribution in [0.1, 0.15) is 10.4 Å². The predicted octanol–water partition coefficient (Wildman–Crippen LogP) is 2.50. The van der Waals surface area contributed by atoms with Gasteiger partial charge in [-0.05, 0) is 6.07 Å². The van der Waals surface area contributed by atoms with Gasteiger partial charge in [0.05, 0.1) is 27.3 Å². The van der Waals surface area contributed by atoms with Crippen molar-refractivity contribution in [2.24, 2.45) is 0 Å². The highest BCUT2D eigenvalue weighted by atomic mass is 35.5. The van der Waals surface area contributed by atoms with E-state index < -0.39 is 4.92 Å². The summed E-state index contributed by atoms with van der Waals surface area (Å²) in [5.41, 5.74) is 0.729. The zero-order valence-corrected chi connectivity index (χ0v) is 8.82. The Balaban J connectivity index is 2.77. The van der Waals surface area contributed by atoms with E-state index in [0.717, 1.165) is 0 Å². The van der Waals surface area contributed by atoms with E-state index in [1.165, 1.54) is 12.3 Å². The lowest BCUT2D eigenvalue weighted by atomic mass is 10.1. The lowest BCUT2D eigenvalue weighted by Gasteiger charge is -1.96. The Morgan fingerprint density at radius 3 is 2.88 bits per heavy atom. The number of benzene rings is 1. The van der Waals surface area contributed by atoms with Crippen molar-refractivity contribution in [3.05, 3.63) is 40.1 Å². The number of hydrogen-bond donors (Lipinski definition) is 1. The topological polar surface area (TPSA) is 76.0 Å². The summed E-state index contributed by atoms with van der Waals surface area (Å²) in [6.07, 6.45) is 1.45. The van der Waals surface area contributed by atoms with E-state index in [2.05, 4.69) is 4.98 Å². The number of Topliss-reactive ketones (excluding diaryl/α,β-unsaturated/α-hetero) is 1. The second-order valence-electron chi connectivity index (χ2n) is 3.22. The van der Waals surface area contributed by atoms with Crippen LogP contribution in [0.15, 0.2) is 24.4 Å². The first-order valence-corrected chi connectivity index (χ1v) is 5.02. The number of nitro groups is 1. The number of nitrogens with one attached hydrogen (secondary N) is 1. The molecule has 0 saturated heterocycles. The second-order valence-corrected chi connectivity index (χ2v) is 3.48. The number of nitro benzene ring substituents is 1. The smallest absolute Gasteiger partial charge is 0.279 e. The van der Waals surface area contributed by atoms with Gasteiger partial charge < -0.3 is 4.98 Å². The number of non-ortho nitro benzene ring substituents is 1. The SMILES string of the molecule is O=C(CCl)c1c[nH]c2cccc([N+](=O)[O-])c12. The van der Waals surface area contributed by atoms with Crippen LogP contribution < -0.4 is 0 Å². The normalized spacial score (nSPS) is 10.6. The van der Waals surface area contributed by atoms with Crippen molar-refractivity contribution in [3.8, 4) is 0 Å². The first-order chi connectivity index (χ1) is 7.65. The molecule has 0 saturated carbocycles. The molecule has 1 aromatic heterocycles. The number of halogens is 1. The first kappa shape index (κ1) is 10.6. The molecular weight excluding hydrogens is 232 g/mol. The molecule has 0 aliphatic rings. The summed E-state index contributed by atoms with van der Waals surface area (Å²) in [4.78, 5) is 24.6. The number of alkyl halides is 1. The Kier molecular flexibility index (Phi) is 2.62. The third kappa shape index (κ3) is 1.55. The van der Waals surface area contributed by atoms with Crippen molar-refractivity contribution in [2.45, 2.75) is 0 Å². The third-order valence-electron chi connectivity index (χ3n) is 2.30. The number of hydrogen-bond acceptors (Lipinski definition) is 3. The molecule has 2 aromatic rings. The summed E-state index contributed by atoms with van der Waals surface area (Å²) in [6, 6.07) is 4.60. The number of aromatic nitrogens is 1. The molecule has 0 spiro atoms. The summed E-state index contributed by atoms with van der Waals surface area (Å²) in [5.74, 6) is -0.527. The molecule has 2 rings (SSSR count). The average Bonchev–Trinajstić information content (AvgIpc) is 2.71. The summed E-state index contributed by atoms with van der Waals surface area (Å²) >= 11 is 5.44.